The average Bonchev–Trinajstić information content (AvgIpc) is 3.07. The second-order valence-corrected chi connectivity index (χ2v) is 5.89. The Morgan fingerprint density at radius 2 is 2.17 bits per heavy atom. The Morgan fingerprint density at radius 1 is 1.39 bits per heavy atom. The molecule has 0 atom stereocenters. The highest BCUT2D eigenvalue weighted by atomic mass is 35.5. The van der Waals surface area contributed by atoms with Crippen LogP contribution in [0.5, 0.6) is 0 Å². The Hall–Kier alpha value is -2.02. The van der Waals surface area contributed by atoms with E-state index in [9.17, 15) is 4.79 Å². The summed E-state index contributed by atoms with van der Waals surface area (Å²) in [7, 11) is 1.77. The van der Waals surface area contributed by atoms with Crippen LogP contribution in [0.4, 0.5) is 5.82 Å². The van der Waals surface area contributed by atoms with Crippen LogP contribution in [0.25, 0.3) is 11.0 Å². The van der Waals surface area contributed by atoms with Crippen LogP contribution in [0.2, 0.25) is 10.0 Å². The predicted octanol–water partition coefficient (Wildman–Crippen LogP) is 3.11. The Balaban J connectivity index is 1.82. The summed E-state index contributed by atoms with van der Waals surface area (Å²) in [6.45, 7) is 0.298. The van der Waals surface area contributed by atoms with Crippen molar-refractivity contribution >= 4 is 45.9 Å². The van der Waals surface area contributed by atoms with Gasteiger partial charge in [0.2, 0.25) is 5.91 Å². The monoisotopic (exact) mass is 352 g/mol. The van der Waals surface area contributed by atoms with Crippen molar-refractivity contribution in [1.82, 2.24) is 9.78 Å². The Morgan fingerprint density at radius 3 is 2.91 bits per heavy atom. The molecule has 0 aliphatic heterocycles. The molecule has 3 aromatic rings. The van der Waals surface area contributed by atoms with E-state index in [-0.39, 0.29) is 12.3 Å². The largest absolute Gasteiger partial charge is 0.462 e. The highest BCUT2D eigenvalue weighted by Crippen LogP contribution is 2.33. The Labute approximate surface area is 142 Å². The standard InChI is InChI=1S/C15H14Cl2N4O2/c1-21-6-9(5-18)15(20-21)19-12(22)4-8-7-23-14-10(8)2-3-11(16)13(14)17/h2-3,6-7H,4-5,18H2,1H3,(H,19,20,22). The third kappa shape index (κ3) is 3.06. The minimum absolute atomic E-state index is 0.131. The fourth-order valence-corrected chi connectivity index (χ4v) is 2.73. The summed E-state index contributed by atoms with van der Waals surface area (Å²) in [5.41, 5.74) is 7.60. The number of aromatic nitrogens is 2. The lowest BCUT2D eigenvalue weighted by Gasteiger charge is -2.03. The number of benzene rings is 1. The molecule has 0 unspecified atom stereocenters. The van der Waals surface area contributed by atoms with Gasteiger partial charge in [-0.15, -0.1) is 0 Å². The number of furan rings is 1. The van der Waals surface area contributed by atoms with Crippen molar-refractivity contribution in [2.75, 3.05) is 5.32 Å². The van der Waals surface area contributed by atoms with Gasteiger partial charge in [0, 0.05) is 36.3 Å². The molecule has 8 heteroatoms. The molecule has 0 bridgehead atoms. The number of rotatable bonds is 4. The molecule has 3 N–H and O–H groups in total. The fourth-order valence-electron chi connectivity index (χ4n) is 2.37. The summed E-state index contributed by atoms with van der Waals surface area (Å²) in [4.78, 5) is 12.3. The molecule has 120 valence electrons. The number of aryl methyl sites for hydroxylation is 1. The molecule has 2 aromatic heterocycles. The summed E-state index contributed by atoms with van der Waals surface area (Å²) >= 11 is 12.0. The van der Waals surface area contributed by atoms with Gasteiger partial charge in [-0.05, 0) is 12.1 Å². The van der Waals surface area contributed by atoms with Crippen LogP contribution in [-0.4, -0.2) is 15.7 Å². The maximum Gasteiger partial charge on any atom is 0.230 e. The van der Waals surface area contributed by atoms with E-state index < -0.39 is 0 Å². The van der Waals surface area contributed by atoms with E-state index in [2.05, 4.69) is 10.4 Å². The summed E-state index contributed by atoms with van der Waals surface area (Å²) < 4.78 is 7.03. The minimum atomic E-state index is -0.216. The van der Waals surface area contributed by atoms with E-state index >= 15 is 0 Å². The second-order valence-electron chi connectivity index (χ2n) is 5.10. The molecule has 0 radical (unpaired) electrons. The molecule has 0 aliphatic carbocycles. The lowest BCUT2D eigenvalue weighted by atomic mass is 10.1. The first-order valence-corrected chi connectivity index (χ1v) is 7.61. The zero-order valence-corrected chi connectivity index (χ0v) is 13.8. The number of nitrogens with two attached hydrogens (primary N) is 1. The highest BCUT2D eigenvalue weighted by molar-refractivity contribution is 6.44. The second kappa shape index (κ2) is 6.23. The number of amides is 1. The van der Waals surface area contributed by atoms with Crippen LogP contribution in [0, 0.1) is 0 Å². The first-order chi connectivity index (χ1) is 11.0. The highest BCUT2D eigenvalue weighted by Gasteiger charge is 2.16. The number of hydrogen-bond acceptors (Lipinski definition) is 4. The summed E-state index contributed by atoms with van der Waals surface area (Å²) in [6, 6.07) is 3.45. The summed E-state index contributed by atoms with van der Waals surface area (Å²) in [6.07, 6.45) is 3.41. The first kappa shape index (κ1) is 15.9. The van der Waals surface area contributed by atoms with Gasteiger partial charge in [-0.3, -0.25) is 9.48 Å². The van der Waals surface area contributed by atoms with E-state index in [1.807, 2.05) is 0 Å². The predicted molar refractivity (Wildman–Crippen MR) is 89.7 cm³/mol. The van der Waals surface area contributed by atoms with E-state index in [1.165, 1.54) is 6.26 Å². The zero-order chi connectivity index (χ0) is 16.6. The van der Waals surface area contributed by atoms with Crippen molar-refractivity contribution in [3.8, 4) is 0 Å². The molecule has 0 spiro atoms. The number of carbonyl (C=O) groups is 1. The third-order valence-electron chi connectivity index (χ3n) is 3.45. The lowest BCUT2D eigenvalue weighted by Crippen LogP contribution is -2.16. The average molecular weight is 353 g/mol. The SMILES string of the molecule is Cn1cc(CN)c(NC(=O)Cc2coc3c(Cl)c(Cl)ccc23)n1. The van der Waals surface area contributed by atoms with Crippen LogP contribution >= 0.6 is 23.2 Å². The molecule has 3 rings (SSSR count). The Bertz CT molecular complexity index is 885. The number of hydrogen-bond donors (Lipinski definition) is 2. The lowest BCUT2D eigenvalue weighted by molar-refractivity contribution is -0.115. The van der Waals surface area contributed by atoms with Gasteiger partial charge in [0.05, 0.1) is 17.7 Å². The van der Waals surface area contributed by atoms with Crippen molar-refractivity contribution in [3.05, 3.63) is 45.8 Å². The molecule has 6 nitrogen and oxygen atoms in total. The molecule has 2 heterocycles. The molecule has 1 aromatic carbocycles. The first-order valence-electron chi connectivity index (χ1n) is 6.86. The van der Waals surface area contributed by atoms with Gasteiger partial charge < -0.3 is 15.5 Å². The molecule has 0 saturated heterocycles. The quantitative estimate of drug-likeness (QED) is 0.755. The Kier molecular flexibility index (Phi) is 4.30. The van der Waals surface area contributed by atoms with Gasteiger partial charge in [0.1, 0.15) is 5.02 Å². The number of fused-ring (bicyclic) bond motifs is 1. The zero-order valence-electron chi connectivity index (χ0n) is 12.3. The van der Waals surface area contributed by atoms with Crippen LogP contribution in [0.3, 0.4) is 0 Å². The van der Waals surface area contributed by atoms with Crippen LogP contribution in [0.1, 0.15) is 11.1 Å². The van der Waals surface area contributed by atoms with Crippen molar-refractivity contribution < 1.29 is 9.21 Å². The van der Waals surface area contributed by atoms with Gasteiger partial charge in [-0.1, -0.05) is 23.2 Å². The van der Waals surface area contributed by atoms with E-state index in [0.717, 1.165) is 16.5 Å². The van der Waals surface area contributed by atoms with Gasteiger partial charge in [-0.2, -0.15) is 5.10 Å². The number of carbonyl (C=O) groups excluding carboxylic acids is 1. The molecular formula is C15H14Cl2N4O2. The molecule has 23 heavy (non-hydrogen) atoms. The molecule has 0 saturated carbocycles. The van der Waals surface area contributed by atoms with Crippen molar-refractivity contribution in [1.29, 1.82) is 0 Å². The maximum absolute atomic E-state index is 12.3. The van der Waals surface area contributed by atoms with Gasteiger partial charge in [-0.25, -0.2) is 0 Å². The minimum Gasteiger partial charge on any atom is -0.462 e. The van der Waals surface area contributed by atoms with Gasteiger partial charge in [0.25, 0.3) is 0 Å². The smallest absolute Gasteiger partial charge is 0.230 e. The number of nitrogens with zero attached hydrogens (tertiary/aromatic N) is 2. The van der Waals surface area contributed by atoms with E-state index in [0.29, 0.717) is 28.0 Å². The van der Waals surface area contributed by atoms with Crippen molar-refractivity contribution in [2.45, 2.75) is 13.0 Å². The topological polar surface area (TPSA) is 86.1 Å². The van der Waals surface area contributed by atoms with Crippen molar-refractivity contribution in [2.24, 2.45) is 12.8 Å². The van der Waals surface area contributed by atoms with Crippen LogP contribution in [-0.2, 0) is 24.8 Å². The summed E-state index contributed by atoms with van der Waals surface area (Å²) in [5, 5.41) is 8.45. The van der Waals surface area contributed by atoms with Gasteiger partial charge >= 0.3 is 0 Å². The van der Waals surface area contributed by atoms with Crippen LogP contribution < -0.4 is 11.1 Å². The van der Waals surface area contributed by atoms with Gasteiger partial charge in [0.15, 0.2) is 11.4 Å². The summed E-state index contributed by atoms with van der Waals surface area (Å²) in [5.74, 6) is 0.251. The van der Waals surface area contributed by atoms with Crippen LogP contribution in [0.15, 0.2) is 29.0 Å². The van der Waals surface area contributed by atoms with Crippen molar-refractivity contribution in [3.63, 3.8) is 0 Å². The normalized spacial score (nSPS) is 11.1. The maximum atomic E-state index is 12.3. The molecule has 1 amide bonds. The fraction of sp³-hybridized carbons (Fsp3) is 0.200. The number of nitrogens with one attached hydrogen (secondary N) is 1. The molecular weight excluding hydrogens is 339 g/mol. The van der Waals surface area contributed by atoms with E-state index in [4.69, 9.17) is 33.4 Å². The third-order valence-corrected chi connectivity index (χ3v) is 4.24. The van der Waals surface area contributed by atoms with E-state index in [1.54, 1.807) is 30.1 Å². The molecule has 0 aliphatic rings. The molecule has 0 fully saturated rings. The number of anilines is 1. The number of halogens is 2.